The molecule has 2 rings (SSSR count). The van der Waals surface area contributed by atoms with Crippen LogP contribution in [0.1, 0.15) is 31.9 Å². The summed E-state index contributed by atoms with van der Waals surface area (Å²) in [5, 5.41) is 0. The van der Waals surface area contributed by atoms with Crippen LogP contribution in [0.3, 0.4) is 0 Å². The molecule has 1 fully saturated rings. The lowest BCUT2D eigenvalue weighted by Gasteiger charge is -2.32. The van der Waals surface area contributed by atoms with Crippen LogP contribution in [0, 0.1) is 0 Å². The van der Waals surface area contributed by atoms with E-state index in [0.717, 1.165) is 29.1 Å². The topological polar surface area (TPSA) is 63.4 Å². The Balaban J connectivity index is 2.55. The average molecular weight is 329 g/mol. The first-order valence-electron chi connectivity index (χ1n) is 7.42. The second kappa shape index (κ2) is 6.58. The molecule has 2 N–H and O–H groups in total. The Labute approximate surface area is 132 Å². The van der Waals surface area contributed by atoms with Crippen molar-refractivity contribution in [3.05, 3.63) is 23.3 Å². The highest BCUT2D eigenvalue weighted by atomic mass is 32.2. The molecule has 1 atom stereocenters. The summed E-state index contributed by atoms with van der Waals surface area (Å²) in [6, 6.07) is 3.73. The zero-order valence-corrected chi connectivity index (χ0v) is 14.6. The molecule has 0 aliphatic carbocycles. The highest BCUT2D eigenvalue weighted by Gasteiger charge is 2.33. The molecule has 0 saturated carbocycles. The summed E-state index contributed by atoms with van der Waals surface area (Å²) in [6.45, 7) is 6.51. The molecular weight excluding hydrogens is 304 g/mol. The monoisotopic (exact) mass is 328 g/mol. The second-order valence-electron chi connectivity index (χ2n) is 5.41. The number of hydrogen-bond acceptors (Lipinski definition) is 4. The van der Waals surface area contributed by atoms with Crippen molar-refractivity contribution < 1.29 is 8.42 Å². The Morgan fingerprint density at radius 2 is 2.05 bits per heavy atom. The molecule has 6 heteroatoms. The van der Waals surface area contributed by atoms with Crippen LogP contribution in [0.25, 0.3) is 0 Å². The standard InChI is InChI=1S/C15H24N2O2S2/c1-4-12-8-14(16)13(5-2)15(9-12)21(18,19)17-6-7-20-10-11(17)3/h8-9,11H,4-7,10,16H2,1-3H3. The van der Waals surface area contributed by atoms with Gasteiger partial charge in [-0.1, -0.05) is 13.8 Å². The molecule has 1 aromatic rings. The summed E-state index contributed by atoms with van der Waals surface area (Å²) in [5.41, 5.74) is 8.40. The summed E-state index contributed by atoms with van der Waals surface area (Å²) in [5.74, 6) is 1.71. The molecule has 21 heavy (non-hydrogen) atoms. The van der Waals surface area contributed by atoms with Gasteiger partial charge in [0.1, 0.15) is 0 Å². The van der Waals surface area contributed by atoms with Crippen LogP contribution in [0.2, 0.25) is 0 Å². The predicted molar refractivity (Wildman–Crippen MR) is 90.3 cm³/mol. The Kier molecular flexibility index (Phi) is 5.22. The lowest BCUT2D eigenvalue weighted by Crippen LogP contribution is -2.44. The average Bonchev–Trinajstić information content (AvgIpc) is 2.46. The number of nitrogen functional groups attached to an aromatic ring is 1. The summed E-state index contributed by atoms with van der Waals surface area (Å²) < 4.78 is 27.8. The number of nitrogens with two attached hydrogens (primary N) is 1. The van der Waals surface area contributed by atoms with Crippen LogP contribution in [0.4, 0.5) is 5.69 Å². The normalized spacial score (nSPS) is 20.6. The summed E-state index contributed by atoms with van der Waals surface area (Å²) in [6.07, 6.45) is 1.41. The van der Waals surface area contributed by atoms with Crippen molar-refractivity contribution >= 4 is 27.5 Å². The van der Waals surface area contributed by atoms with Gasteiger partial charge in [-0.15, -0.1) is 0 Å². The number of aryl methyl sites for hydroxylation is 1. The fourth-order valence-electron chi connectivity index (χ4n) is 2.73. The third-order valence-electron chi connectivity index (χ3n) is 3.96. The van der Waals surface area contributed by atoms with Gasteiger partial charge in [0.25, 0.3) is 0 Å². The van der Waals surface area contributed by atoms with Crippen molar-refractivity contribution in [3.8, 4) is 0 Å². The van der Waals surface area contributed by atoms with Crippen molar-refractivity contribution in [2.24, 2.45) is 0 Å². The maximum absolute atomic E-state index is 13.1. The summed E-state index contributed by atoms with van der Waals surface area (Å²) in [4.78, 5) is 0.403. The smallest absolute Gasteiger partial charge is 0.243 e. The highest BCUT2D eigenvalue weighted by Crippen LogP contribution is 2.30. The van der Waals surface area contributed by atoms with Gasteiger partial charge in [-0.3, -0.25) is 0 Å². The van der Waals surface area contributed by atoms with Crippen molar-refractivity contribution in [2.75, 3.05) is 23.8 Å². The van der Waals surface area contributed by atoms with Crippen LogP contribution >= 0.6 is 11.8 Å². The Hall–Kier alpha value is -0.720. The number of sulfonamides is 1. The largest absolute Gasteiger partial charge is 0.398 e. The Morgan fingerprint density at radius 1 is 1.33 bits per heavy atom. The van der Waals surface area contributed by atoms with Crippen molar-refractivity contribution in [1.82, 2.24) is 4.31 Å². The Bertz CT molecular complexity index is 614. The van der Waals surface area contributed by atoms with Crippen LogP contribution in [0.15, 0.2) is 17.0 Å². The van der Waals surface area contributed by atoms with Gasteiger partial charge >= 0.3 is 0 Å². The molecule has 1 aliphatic heterocycles. The van der Waals surface area contributed by atoms with E-state index < -0.39 is 10.0 Å². The Morgan fingerprint density at radius 3 is 2.62 bits per heavy atom. The van der Waals surface area contributed by atoms with Gasteiger partial charge in [-0.25, -0.2) is 8.42 Å². The zero-order valence-electron chi connectivity index (χ0n) is 12.9. The van der Waals surface area contributed by atoms with Crippen LogP contribution < -0.4 is 5.73 Å². The fourth-order valence-corrected chi connectivity index (χ4v) is 5.96. The van der Waals surface area contributed by atoms with Gasteiger partial charge in [0.15, 0.2) is 0 Å². The molecule has 4 nitrogen and oxygen atoms in total. The first-order chi connectivity index (χ1) is 9.91. The molecule has 1 unspecified atom stereocenters. The van der Waals surface area contributed by atoms with E-state index >= 15 is 0 Å². The molecule has 1 aliphatic rings. The van der Waals surface area contributed by atoms with E-state index in [2.05, 4.69) is 0 Å². The minimum Gasteiger partial charge on any atom is -0.398 e. The van der Waals surface area contributed by atoms with E-state index in [1.807, 2.05) is 38.6 Å². The number of thioether (sulfide) groups is 1. The molecule has 0 radical (unpaired) electrons. The minimum absolute atomic E-state index is 0.0324. The van der Waals surface area contributed by atoms with E-state index in [-0.39, 0.29) is 6.04 Å². The van der Waals surface area contributed by atoms with Crippen molar-refractivity contribution in [1.29, 1.82) is 0 Å². The number of benzene rings is 1. The van der Waals surface area contributed by atoms with E-state index in [9.17, 15) is 8.42 Å². The highest BCUT2D eigenvalue weighted by molar-refractivity contribution is 7.99. The van der Waals surface area contributed by atoms with Gasteiger partial charge in [0.05, 0.1) is 4.90 Å². The maximum atomic E-state index is 13.1. The van der Waals surface area contributed by atoms with E-state index in [0.29, 0.717) is 23.5 Å². The molecule has 0 amide bonds. The number of rotatable bonds is 4. The van der Waals surface area contributed by atoms with E-state index in [1.54, 1.807) is 10.4 Å². The predicted octanol–water partition coefficient (Wildman–Crippen LogP) is 2.52. The van der Waals surface area contributed by atoms with E-state index in [4.69, 9.17) is 5.73 Å². The fraction of sp³-hybridized carbons (Fsp3) is 0.600. The van der Waals surface area contributed by atoms with Gasteiger partial charge in [-0.2, -0.15) is 16.1 Å². The summed E-state index contributed by atoms with van der Waals surface area (Å²) >= 11 is 1.81. The first kappa shape index (κ1) is 16.6. The molecule has 0 bridgehead atoms. The molecule has 0 aromatic heterocycles. The lowest BCUT2D eigenvalue weighted by atomic mass is 10.1. The number of hydrogen-bond donors (Lipinski definition) is 1. The molecule has 118 valence electrons. The van der Waals surface area contributed by atoms with E-state index in [1.165, 1.54) is 0 Å². The number of nitrogens with zero attached hydrogens (tertiary/aromatic N) is 1. The third-order valence-corrected chi connectivity index (χ3v) is 7.23. The van der Waals surface area contributed by atoms with Gasteiger partial charge in [0, 0.05) is 29.8 Å². The lowest BCUT2D eigenvalue weighted by molar-refractivity contribution is 0.367. The second-order valence-corrected chi connectivity index (χ2v) is 8.42. The van der Waals surface area contributed by atoms with Crippen LogP contribution in [-0.4, -0.2) is 36.8 Å². The van der Waals surface area contributed by atoms with Crippen molar-refractivity contribution in [2.45, 2.75) is 44.6 Å². The third kappa shape index (κ3) is 3.22. The zero-order chi connectivity index (χ0) is 15.6. The van der Waals surface area contributed by atoms with Crippen LogP contribution in [0.5, 0.6) is 0 Å². The van der Waals surface area contributed by atoms with Gasteiger partial charge in [-0.05, 0) is 43.0 Å². The first-order valence-corrected chi connectivity index (χ1v) is 10.0. The van der Waals surface area contributed by atoms with Crippen LogP contribution in [-0.2, 0) is 22.9 Å². The SMILES string of the molecule is CCc1cc(N)c(CC)c(S(=O)(=O)N2CCSCC2C)c1. The van der Waals surface area contributed by atoms with Gasteiger partial charge in [0.2, 0.25) is 10.0 Å². The molecule has 1 saturated heterocycles. The van der Waals surface area contributed by atoms with Gasteiger partial charge < -0.3 is 5.73 Å². The maximum Gasteiger partial charge on any atom is 0.243 e. The van der Waals surface area contributed by atoms with Crippen molar-refractivity contribution in [3.63, 3.8) is 0 Å². The number of anilines is 1. The molecular formula is C15H24N2O2S2. The molecule has 1 aromatic carbocycles. The minimum atomic E-state index is -3.47. The molecule has 0 spiro atoms. The molecule has 1 heterocycles. The summed E-state index contributed by atoms with van der Waals surface area (Å²) in [7, 11) is -3.47. The quantitative estimate of drug-likeness (QED) is 0.863.